The highest BCUT2D eigenvalue weighted by atomic mass is 16.6. The number of rotatable bonds is 2. The summed E-state index contributed by atoms with van der Waals surface area (Å²) < 4.78 is 10.2. The van der Waals surface area contributed by atoms with E-state index in [9.17, 15) is 14.7 Å². The summed E-state index contributed by atoms with van der Waals surface area (Å²) in [4.78, 5) is 25.4. The van der Waals surface area contributed by atoms with Crippen molar-refractivity contribution in [2.45, 2.75) is 58.3 Å². The zero-order valence-corrected chi connectivity index (χ0v) is 12.2. The standard InChI is InChI=1S/C13H23NO5/c1-6-18-10(16)13(5)9(15)7-8-14(13)11(17)19-12(2,3)4/h9,15H,6-8H2,1-5H3/t9?,13-/m1/s1. The number of aliphatic hydroxyl groups excluding tert-OH is 1. The van der Waals surface area contributed by atoms with Crippen LogP contribution in [-0.2, 0) is 14.3 Å². The van der Waals surface area contributed by atoms with Crippen molar-refractivity contribution in [3.05, 3.63) is 0 Å². The minimum atomic E-state index is -1.38. The van der Waals surface area contributed by atoms with E-state index in [1.54, 1.807) is 27.7 Å². The minimum Gasteiger partial charge on any atom is -0.464 e. The molecule has 110 valence electrons. The van der Waals surface area contributed by atoms with Crippen LogP contribution in [0.1, 0.15) is 41.0 Å². The van der Waals surface area contributed by atoms with Gasteiger partial charge in [-0.25, -0.2) is 9.59 Å². The second kappa shape index (κ2) is 5.36. The van der Waals surface area contributed by atoms with Gasteiger partial charge in [-0.3, -0.25) is 4.90 Å². The summed E-state index contributed by atoms with van der Waals surface area (Å²) in [6, 6.07) is 0. The van der Waals surface area contributed by atoms with E-state index in [1.807, 2.05) is 0 Å². The van der Waals surface area contributed by atoms with Gasteiger partial charge in [0, 0.05) is 6.54 Å². The molecule has 0 aromatic heterocycles. The Balaban J connectivity index is 2.93. The van der Waals surface area contributed by atoms with Gasteiger partial charge in [0.2, 0.25) is 0 Å². The maximum atomic E-state index is 12.1. The maximum Gasteiger partial charge on any atom is 0.411 e. The number of carbonyl (C=O) groups excluding carboxylic acids is 2. The Labute approximate surface area is 113 Å². The van der Waals surface area contributed by atoms with Crippen molar-refractivity contribution in [1.82, 2.24) is 4.90 Å². The Bertz CT molecular complexity index is 363. The average molecular weight is 273 g/mol. The first-order valence-corrected chi connectivity index (χ1v) is 6.48. The zero-order chi connectivity index (χ0) is 14.8. The number of amides is 1. The molecule has 0 bridgehead atoms. The molecule has 6 heteroatoms. The number of carbonyl (C=O) groups is 2. The van der Waals surface area contributed by atoms with E-state index in [0.29, 0.717) is 6.42 Å². The summed E-state index contributed by atoms with van der Waals surface area (Å²) in [5.74, 6) is -0.606. The molecule has 1 unspecified atom stereocenters. The Morgan fingerprint density at radius 1 is 1.42 bits per heavy atom. The molecule has 1 aliphatic heterocycles. The number of esters is 1. The minimum absolute atomic E-state index is 0.198. The molecular formula is C13H23NO5. The summed E-state index contributed by atoms with van der Waals surface area (Å²) in [7, 11) is 0. The van der Waals surface area contributed by atoms with Crippen molar-refractivity contribution in [3.8, 4) is 0 Å². The van der Waals surface area contributed by atoms with Crippen LogP contribution in [0, 0.1) is 0 Å². The molecular weight excluding hydrogens is 250 g/mol. The number of nitrogens with zero attached hydrogens (tertiary/aromatic N) is 1. The van der Waals surface area contributed by atoms with Gasteiger partial charge in [0.25, 0.3) is 0 Å². The van der Waals surface area contributed by atoms with Crippen LogP contribution in [0.15, 0.2) is 0 Å². The van der Waals surface area contributed by atoms with Crippen molar-refractivity contribution < 1.29 is 24.2 Å². The molecule has 0 aromatic carbocycles. The van der Waals surface area contributed by atoms with Crippen LogP contribution in [0.2, 0.25) is 0 Å². The van der Waals surface area contributed by atoms with E-state index in [1.165, 1.54) is 11.8 Å². The zero-order valence-electron chi connectivity index (χ0n) is 12.2. The van der Waals surface area contributed by atoms with Crippen molar-refractivity contribution in [3.63, 3.8) is 0 Å². The van der Waals surface area contributed by atoms with E-state index in [-0.39, 0.29) is 13.2 Å². The van der Waals surface area contributed by atoms with Gasteiger partial charge in [0.15, 0.2) is 5.54 Å². The molecule has 1 amide bonds. The van der Waals surface area contributed by atoms with E-state index < -0.39 is 29.3 Å². The third-order valence-corrected chi connectivity index (χ3v) is 3.14. The monoisotopic (exact) mass is 273 g/mol. The van der Waals surface area contributed by atoms with Gasteiger partial charge in [-0.2, -0.15) is 0 Å². The highest BCUT2D eigenvalue weighted by Gasteiger charge is 2.54. The van der Waals surface area contributed by atoms with Gasteiger partial charge in [0.1, 0.15) is 5.60 Å². The fourth-order valence-corrected chi connectivity index (χ4v) is 2.07. The number of likely N-dealkylation sites (tertiary alicyclic amines) is 1. The SMILES string of the molecule is CCOC(=O)[C@@]1(C)C(O)CCN1C(=O)OC(C)(C)C. The number of hydrogen-bond acceptors (Lipinski definition) is 5. The summed E-state index contributed by atoms with van der Waals surface area (Å²) in [6.45, 7) is 8.90. The second-order valence-corrected chi connectivity index (χ2v) is 5.80. The molecule has 0 aromatic rings. The van der Waals surface area contributed by atoms with Gasteiger partial charge in [-0.05, 0) is 41.0 Å². The lowest BCUT2D eigenvalue weighted by molar-refractivity contribution is -0.159. The molecule has 0 radical (unpaired) electrons. The molecule has 0 aliphatic carbocycles. The summed E-state index contributed by atoms with van der Waals surface area (Å²) in [6.07, 6.45) is -1.23. The molecule has 0 saturated carbocycles. The number of hydrogen-bond donors (Lipinski definition) is 1. The third kappa shape index (κ3) is 3.18. The predicted octanol–water partition coefficient (Wildman–Crippen LogP) is 1.31. The van der Waals surface area contributed by atoms with Crippen molar-refractivity contribution in [2.75, 3.05) is 13.2 Å². The molecule has 1 heterocycles. The van der Waals surface area contributed by atoms with Crippen molar-refractivity contribution >= 4 is 12.1 Å². The fourth-order valence-electron chi connectivity index (χ4n) is 2.07. The van der Waals surface area contributed by atoms with Crippen molar-refractivity contribution in [1.29, 1.82) is 0 Å². The van der Waals surface area contributed by atoms with Crippen LogP contribution in [-0.4, -0.2) is 52.5 Å². The van der Waals surface area contributed by atoms with Crippen LogP contribution < -0.4 is 0 Å². The maximum absolute atomic E-state index is 12.1. The Morgan fingerprint density at radius 2 is 2.00 bits per heavy atom. The van der Waals surface area contributed by atoms with E-state index in [0.717, 1.165) is 0 Å². The van der Waals surface area contributed by atoms with Crippen LogP contribution in [0.5, 0.6) is 0 Å². The first-order chi connectivity index (χ1) is 8.63. The summed E-state index contributed by atoms with van der Waals surface area (Å²) in [5, 5.41) is 10.0. The number of aliphatic hydroxyl groups is 1. The van der Waals surface area contributed by atoms with E-state index in [2.05, 4.69) is 0 Å². The van der Waals surface area contributed by atoms with Gasteiger partial charge < -0.3 is 14.6 Å². The Hall–Kier alpha value is -1.30. The Morgan fingerprint density at radius 3 is 2.47 bits per heavy atom. The van der Waals surface area contributed by atoms with Gasteiger partial charge >= 0.3 is 12.1 Å². The van der Waals surface area contributed by atoms with Crippen LogP contribution >= 0.6 is 0 Å². The molecule has 1 fully saturated rings. The first-order valence-electron chi connectivity index (χ1n) is 6.48. The first kappa shape index (κ1) is 15.8. The molecule has 19 heavy (non-hydrogen) atoms. The average Bonchev–Trinajstić information content (AvgIpc) is 2.55. The van der Waals surface area contributed by atoms with Crippen LogP contribution in [0.25, 0.3) is 0 Å². The third-order valence-electron chi connectivity index (χ3n) is 3.14. The topological polar surface area (TPSA) is 76.1 Å². The fraction of sp³-hybridized carbons (Fsp3) is 0.846. The van der Waals surface area contributed by atoms with Gasteiger partial charge in [-0.15, -0.1) is 0 Å². The van der Waals surface area contributed by atoms with E-state index in [4.69, 9.17) is 9.47 Å². The van der Waals surface area contributed by atoms with Crippen molar-refractivity contribution in [2.24, 2.45) is 0 Å². The lowest BCUT2D eigenvalue weighted by Gasteiger charge is -2.35. The molecule has 1 aliphatic rings. The quantitative estimate of drug-likeness (QED) is 0.768. The second-order valence-electron chi connectivity index (χ2n) is 5.80. The van der Waals surface area contributed by atoms with Crippen LogP contribution in [0.3, 0.4) is 0 Å². The van der Waals surface area contributed by atoms with Gasteiger partial charge in [-0.1, -0.05) is 0 Å². The molecule has 0 spiro atoms. The Kier molecular flexibility index (Phi) is 4.45. The summed E-state index contributed by atoms with van der Waals surface area (Å²) in [5.41, 5.74) is -2.03. The predicted molar refractivity (Wildman–Crippen MR) is 68.6 cm³/mol. The highest BCUT2D eigenvalue weighted by Crippen LogP contribution is 2.32. The molecule has 1 N–H and O–H groups in total. The normalized spacial score (nSPS) is 27.3. The number of ether oxygens (including phenoxy) is 2. The molecule has 2 atom stereocenters. The summed E-state index contributed by atoms with van der Waals surface area (Å²) >= 11 is 0. The lowest BCUT2D eigenvalue weighted by atomic mass is 9.96. The molecule has 1 rings (SSSR count). The van der Waals surface area contributed by atoms with Gasteiger partial charge in [0.05, 0.1) is 12.7 Å². The highest BCUT2D eigenvalue weighted by molar-refractivity contribution is 5.87. The molecule has 1 saturated heterocycles. The van der Waals surface area contributed by atoms with E-state index >= 15 is 0 Å². The van der Waals surface area contributed by atoms with Crippen LogP contribution in [0.4, 0.5) is 4.79 Å². The largest absolute Gasteiger partial charge is 0.464 e. The lowest BCUT2D eigenvalue weighted by Crippen LogP contribution is -2.57. The smallest absolute Gasteiger partial charge is 0.411 e. The molecule has 6 nitrogen and oxygen atoms in total.